The maximum Gasteiger partial charge on any atom is 0.305 e. The van der Waals surface area contributed by atoms with Crippen LogP contribution >= 0.6 is 0 Å². The van der Waals surface area contributed by atoms with Crippen LogP contribution in [0.5, 0.6) is 0 Å². The molecule has 0 spiro atoms. The molecule has 0 aromatic carbocycles. The van der Waals surface area contributed by atoms with Crippen molar-refractivity contribution in [2.45, 2.75) is 91.9 Å². The fraction of sp³-hybridized carbons (Fsp3) is 0.923. The van der Waals surface area contributed by atoms with Gasteiger partial charge in [0.1, 0.15) is 5.78 Å². The lowest BCUT2D eigenvalue weighted by molar-refractivity contribution is -0.150. The Morgan fingerprint density at radius 3 is 2.45 bits per heavy atom. The number of methoxy groups -OCH3 is 1. The van der Waals surface area contributed by atoms with Crippen molar-refractivity contribution in [3.05, 3.63) is 0 Å². The summed E-state index contributed by atoms with van der Waals surface area (Å²) in [6, 6.07) is 0. The van der Waals surface area contributed by atoms with Gasteiger partial charge in [-0.3, -0.25) is 9.59 Å². The van der Waals surface area contributed by atoms with Crippen LogP contribution in [-0.4, -0.2) is 18.9 Å². The van der Waals surface area contributed by atoms with Crippen molar-refractivity contribution in [3.8, 4) is 0 Å². The van der Waals surface area contributed by atoms with E-state index < -0.39 is 0 Å². The number of Topliss-reactive ketones (excluding diaryl/α,β-unsaturated/α-hetero) is 1. The zero-order valence-corrected chi connectivity index (χ0v) is 19.3. The molecule has 0 N–H and O–H groups in total. The molecule has 29 heavy (non-hydrogen) atoms. The molecule has 0 aromatic heterocycles. The molecule has 0 radical (unpaired) electrons. The molecule has 0 aromatic rings. The molecule has 9 atom stereocenters. The Morgan fingerprint density at radius 2 is 1.72 bits per heavy atom. The monoisotopic (exact) mass is 402 g/mol. The summed E-state index contributed by atoms with van der Waals surface area (Å²) in [4.78, 5) is 24.1. The van der Waals surface area contributed by atoms with Gasteiger partial charge >= 0.3 is 5.97 Å². The molecule has 4 saturated carbocycles. The highest BCUT2D eigenvalue weighted by Crippen LogP contribution is 2.68. The van der Waals surface area contributed by atoms with Crippen molar-refractivity contribution in [1.82, 2.24) is 0 Å². The van der Waals surface area contributed by atoms with Crippen molar-refractivity contribution < 1.29 is 14.3 Å². The summed E-state index contributed by atoms with van der Waals surface area (Å²) in [5.41, 5.74) is 0.822. The fourth-order valence-electron chi connectivity index (χ4n) is 9.15. The molecule has 4 rings (SSSR count). The van der Waals surface area contributed by atoms with E-state index in [9.17, 15) is 9.59 Å². The minimum atomic E-state index is -0.0625. The van der Waals surface area contributed by atoms with E-state index in [4.69, 9.17) is 4.74 Å². The summed E-state index contributed by atoms with van der Waals surface area (Å²) in [6.07, 6.45) is 11.5. The van der Waals surface area contributed by atoms with E-state index in [0.29, 0.717) is 34.9 Å². The van der Waals surface area contributed by atoms with Crippen molar-refractivity contribution >= 4 is 11.8 Å². The summed E-state index contributed by atoms with van der Waals surface area (Å²) in [5, 5.41) is 0. The lowest BCUT2D eigenvalue weighted by atomic mass is 9.43. The molecule has 0 amide bonds. The Bertz CT molecular complexity index is 656. The summed E-state index contributed by atoms with van der Waals surface area (Å²) < 4.78 is 4.88. The van der Waals surface area contributed by atoms with Crippen LogP contribution in [0.1, 0.15) is 91.9 Å². The highest BCUT2D eigenvalue weighted by molar-refractivity contribution is 5.82. The van der Waals surface area contributed by atoms with E-state index in [-0.39, 0.29) is 11.9 Å². The van der Waals surface area contributed by atoms with Crippen LogP contribution in [0.4, 0.5) is 0 Å². The van der Waals surface area contributed by atoms with Gasteiger partial charge in [0.25, 0.3) is 0 Å². The zero-order chi connectivity index (χ0) is 21.0. The molecule has 0 saturated heterocycles. The van der Waals surface area contributed by atoms with E-state index >= 15 is 0 Å². The molecule has 0 aliphatic heterocycles. The minimum Gasteiger partial charge on any atom is -0.469 e. The van der Waals surface area contributed by atoms with Crippen molar-refractivity contribution in [2.75, 3.05) is 7.11 Å². The first-order valence-electron chi connectivity index (χ1n) is 12.3. The van der Waals surface area contributed by atoms with Crippen LogP contribution in [0.15, 0.2) is 0 Å². The number of hydrogen-bond acceptors (Lipinski definition) is 3. The number of ketones is 1. The first-order valence-corrected chi connectivity index (χ1v) is 12.3. The smallest absolute Gasteiger partial charge is 0.305 e. The molecule has 0 unspecified atom stereocenters. The standard InChI is InChI=1S/C26H42O3/c1-16(6-11-24(28)29-5)19-9-10-21-18-7-8-20-17(2)23(27)13-15-26(20,4)22(18)12-14-25(19,21)3/h16-22H,6-15H2,1-5H3/t16-,17+,18+,19-,20+,21+,22+,25-,26+/m1/s1. The Labute approximate surface area is 177 Å². The first-order chi connectivity index (χ1) is 13.7. The lowest BCUT2D eigenvalue weighted by Crippen LogP contribution is -2.55. The molecular formula is C26H42O3. The van der Waals surface area contributed by atoms with Gasteiger partial charge in [-0.25, -0.2) is 0 Å². The Balaban J connectivity index is 1.51. The third-order valence-electron chi connectivity index (χ3n) is 10.8. The molecule has 4 aliphatic rings. The second-order valence-corrected chi connectivity index (χ2v) is 11.6. The van der Waals surface area contributed by atoms with Gasteiger partial charge in [0.15, 0.2) is 0 Å². The van der Waals surface area contributed by atoms with E-state index in [2.05, 4.69) is 27.7 Å². The van der Waals surface area contributed by atoms with Crippen LogP contribution in [0.3, 0.4) is 0 Å². The zero-order valence-electron chi connectivity index (χ0n) is 19.3. The number of ether oxygens (including phenoxy) is 1. The number of carbonyl (C=O) groups excluding carboxylic acids is 2. The van der Waals surface area contributed by atoms with Crippen LogP contribution in [0.2, 0.25) is 0 Å². The lowest BCUT2D eigenvalue weighted by Gasteiger charge is -2.61. The Morgan fingerprint density at radius 1 is 1.03 bits per heavy atom. The van der Waals surface area contributed by atoms with Crippen LogP contribution in [0.25, 0.3) is 0 Å². The van der Waals surface area contributed by atoms with Gasteiger partial charge in [-0.05, 0) is 97.7 Å². The van der Waals surface area contributed by atoms with Gasteiger partial charge < -0.3 is 4.74 Å². The summed E-state index contributed by atoms with van der Waals surface area (Å²) in [6.45, 7) is 9.72. The average molecular weight is 403 g/mol. The van der Waals surface area contributed by atoms with Crippen LogP contribution in [-0.2, 0) is 14.3 Å². The van der Waals surface area contributed by atoms with Crippen molar-refractivity contribution in [2.24, 2.45) is 52.3 Å². The molecule has 4 aliphatic carbocycles. The van der Waals surface area contributed by atoms with Crippen LogP contribution < -0.4 is 0 Å². The molecule has 164 valence electrons. The number of carbonyl (C=O) groups is 2. The maximum atomic E-state index is 12.4. The van der Waals surface area contributed by atoms with E-state index in [1.54, 1.807) is 0 Å². The summed E-state index contributed by atoms with van der Waals surface area (Å²) in [7, 11) is 1.50. The van der Waals surface area contributed by atoms with Crippen molar-refractivity contribution in [1.29, 1.82) is 0 Å². The van der Waals surface area contributed by atoms with Gasteiger partial charge in [-0.1, -0.05) is 27.7 Å². The number of esters is 1. The highest BCUT2D eigenvalue weighted by atomic mass is 16.5. The molecule has 3 heteroatoms. The number of hydrogen-bond donors (Lipinski definition) is 0. The predicted molar refractivity (Wildman–Crippen MR) is 115 cm³/mol. The largest absolute Gasteiger partial charge is 0.469 e. The second kappa shape index (κ2) is 7.68. The molecule has 0 heterocycles. The van der Waals surface area contributed by atoms with Crippen molar-refractivity contribution in [3.63, 3.8) is 0 Å². The maximum absolute atomic E-state index is 12.4. The second-order valence-electron chi connectivity index (χ2n) is 11.6. The molecule has 0 bridgehead atoms. The third-order valence-corrected chi connectivity index (χ3v) is 10.8. The third kappa shape index (κ3) is 3.30. The quantitative estimate of drug-likeness (QED) is 0.538. The molecule has 3 nitrogen and oxygen atoms in total. The SMILES string of the molecule is COC(=O)CC[C@@H](C)[C@H]1CC[C@H]2[C@@H]3CC[C@H]4[C@H](C)C(=O)CC[C@]4(C)[C@H]3CC[C@]12C. The van der Waals surface area contributed by atoms with Gasteiger partial charge in [0.2, 0.25) is 0 Å². The van der Waals surface area contributed by atoms with E-state index in [1.165, 1.54) is 45.6 Å². The topological polar surface area (TPSA) is 43.4 Å². The Kier molecular flexibility index (Phi) is 5.66. The van der Waals surface area contributed by atoms with Gasteiger partial charge in [0, 0.05) is 18.8 Å². The normalized spacial score (nSPS) is 47.7. The average Bonchev–Trinajstić information content (AvgIpc) is 3.06. The number of fused-ring (bicyclic) bond motifs is 5. The van der Waals surface area contributed by atoms with Crippen LogP contribution in [0, 0.1) is 52.3 Å². The predicted octanol–water partition coefficient (Wildman–Crippen LogP) is 6.05. The molecule has 4 fully saturated rings. The van der Waals surface area contributed by atoms with E-state index in [1.807, 2.05) is 0 Å². The highest BCUT2D eigenvalue weighted by Gasteiger charge is 2.61. The van der Waals surface area contributed by atoms with Gasteiger partial charge in [-0.2, -0.15) is 0 Å². The summed E-state index contributed by atoms with van der Waals surface area (Å²) >= 11 is 0. The fourth-order valence-corrected chi connectivity index (χ4v) is 9.15. The van der Waals surface area contributed by atoms with E-state index in [0.717, 1.165) is 42.9 Å². The van der Waals surface area contributed by atoms with Gasteiger partial charge in [0.05, 0.1) is 7.11 Å². The van der Waals surface area contributed by atoms with Gasteiger partial charge in [-0.15, -0.1) is 0 Å². The number of rotatable bonds is 4. The molecular weight excluding hydrogens is 360 g/mol. The summed E-state index contributed by atoms with van der Waals surface area (Å²) in [5.74, 6) is 5.21. The minimum absolute atomic E-state index is 0.0625. The Hall–Kier alpha value is -0.860. The first kappa shape index (κ1) is 21.4.